The molecule has 5 nitrogen and oxygen atoms in total. The van der Waals surface area contributed by atoms with E-state index in [9.17, 15) is 0 Å². The second-order valence-corrected chi connectivity index (χ2v) is 7.95. The van der Waals surface area contributed by atoms with Crippen molar-refractivity contribution in [3.63, 3.8) is 0 Å². The fourth-order valence-corrected chi connectivity index (χ4v) is 4.19. The Morgan fingerprint density at radius 3 is 2.87 bits per heavy atom. The lowest BCUT2D eigenvalue weighted by molar-refractivity contribution is 0.384. The fraction of sp³-hybridized carbons (Fsp3) is 0.286. The molecule has 0 radical (unpaired) electrons. The molecule has 0 spiro atoms. The molecule has 0 saturated carbocycles. The fourth-order valence-electron chi connectivity index (χ4n) is 1.86. The van der Waals surface area contributed by atoms with Gasteiger partial charge in [-0.25, -0.2) is 4.68 Å². The Balaban J connectivity index is 1.70. The predicted octanol–water partition coefficient (Wildman–Crippen LogP) is 4.94. The van der Waals surface area contributed by atoms with E-state index in [-0.39, 0.29) is 0 Å². The summed E-state index contributed by atoms with van der Waals surface area (Å²) in [6.07, 6.45) is 1.83. The van der Waals surface area contributed by atoms with E-state index in [0.717, 1.165) is 28.7 Å². The minimum atomic E-state index is 0.583. The molecule has 0 amide bonds. The Labute approximate surface area is 151 Å². The van der Waals surface area contributed by atoms with E-state index >= 15 is 0 Å². The molecule has 3 rings (SSSR count). The van der Waals surface area contributed by atoms with Gasteiger partial charge in [0.1, 0.15) is 0 Å². The summed E-state index contributed by atoms with van der Waals surface area (Å²) in [6, 6.07) is 7.42. The molecule has 9 heteroatoms. The van der Waals surface area contributed by atoms with E-state index < -0.39 is 0 Å². The van der Waals surface area contributed by atoms with Crippen LogP contribution < -0.4 is 0 Å². The minimum Gasteiger partial charge on any atom is -0.338 e. The molecular formula is C14H13ClN4OS3. The third-order valence-electron chi connectivity index (χ3n) is 2.90. The summed E-state index contributed by atoms with van der Waals surface area (Å²) in [6.45, 7) is 2.08. The number of hydrogen-bond acceptors (Lipinski definition) is 7. The van der Waals surface area contributed by atoms with Gasteiger partial charge < -0.3 is 4.52 Å². The summed E-state index contributed by atoms with van der Waals surface area (Å²) in [4.78, 5) is 4.34. The molecular weight excluding hydrogens is 372 g/mol. The van der Waals surface area contributed by atoms with Crippen LogP contribution in [0.5, 0.6) is 0 Å². The van der Waals surface area contributed by atoms with E-state index in [1.54, 1.807) is 4.68 Å². The molecule has 0 aliphatic carbocycles. The van der Waals surface area contributed by atoms with Crippen molar-refractivity contribution in [2.75, 3.05) is 0 Å². The van der Waals surface area contributed by atoms with Gasteiger partial charge in [-0.15, -0.1) is 5.10 Å². The number of rotatable bonds is 6. The number of benzene rings is 1. The molecule has 0 aliphatic rings. The van der Waals surface area contributed by atoms with Crippen LogP contribution in [0.15, 0.2) is 33.1 Å². The van der Waals surface area contributed by atoms with Crippen molar-refractivity contribution in [2.45, 2.75) is 29.9 Å². The Bertz CT molecular complexity index is 840. The largest absolute Gasteiger partial charge is 0.338 e. The standard InChI is InChI=1S/C14H13ClN4OS3/c1-2-3-11-16-12(20-18-11)8-22-13-17-19(14(21)23-13)10-6-4-9(15)5-7-10/h4-7H,2-3,8H2,1H3. The van der Waals surface area contributed by atoms with Crippen LogP contribution in [-0.2, 0) is 12.2 Å². The first-order valence-electron chi connectivity index (χ1n) is 6.96. The summed E-state index contributed by atoms with van der Waals surface area (Å²) in [5.41, 5.74) is 0.894. The van der Waals surface area contributed by atoms with E-state index in [2.05, 4.69) is 22.2 Å². The van der Waals surface area contributed by atoms with Gasteiger partial charge in [-0.3, -0.25) is 0 Å². The van der Waals surface area contributed by atoms with Crippen LogP contribution in [0, 0.1) is 3.95 Å². The van der Waals surface area contributed by atoms with Gasteiger partial charge in [0, 0.05) is 11.4 Å². The number of aromatic nitrogens is 4. The third kappa shape index (κ3) is 4.20. The SMILES string of the molecule is CCCc1noc(CSc2nn(-c3ccc(Cl)cc3)c(=S)s2)n1. The summed E-state index contributed by atoms with van der Waals surface area (Å²) in [7, 11) is 0. The van der Waals surface area contributed by atoms with E-state index in [1.807, 2.05) is 24.3 Å². The number of thioether (sulfide) groups is 1. The van der Waals surface area contributed by atoms with Gasteiger partial charge in [0.25, 0.3) is 0 Å². The molecule has 2 heterocycles. The monoisotopic (exact) mass is 384 g/mol. The Morgan fingerprint density at radius 1 is 1.35 bits per heavy atom. The molecule has 0 fully saturated rings. The van der Waals surface area contributed by atoms with Crippen molar-refractivity contribution >= 4 is 46.9 Å². The lowest BCUT2D eigenvalue weighted by Gasteiger charge is -1.99. The van der Waals surface area contributed by atoms with Crippen LogP contribution >= 0.6 is 46.9 Å². The van der Waals surface area contributed by atoms with Crippen LogP contribution in [0.4, 0.5) is 0 Å². The van der Waals surface area contributed by atoms with Gasteiger partial charge in [-0.1, -0.05) is 46.8 Å². The first-order valence-corrected chi connectivity index (χ1v) is 9.55. The molecule has 0 N–H and O–H groups in total. The first kappa shape index (κ1) is 16.6. The average Bonchev–Trinajstić information content (AvgIpc) is 3.13. The number of nitrogens with zero attached hydrogens (tertiary/aromatic N) is 4. The second-order valence-electron chi connectivity index (χ2n) is 4.67. The predicted molar refractivity (Wildman–Crippen MR) is 95.1 cm³/mol. The number of hydrogen-bond donors (Lipinski definition) is 0. The van der Waals surface area contributed by atoms with Crippen molar-refractivity contribution in [1.82, 2.24) is 19.9 Å². The van der Waals surface area contributed by atoms with Gasteiger partial charge in [0.15, 0.2) is 14.1 Å². The second kappa shape index (κ2) is 7.57. The van der Waals surface area contributed by atoms with Crippen LogP contribution in [0.3, 0.4) is 0 Å². The summed E-state index contributed by atoms with van der Waals surface area (Å²) >= 11 is 14.3. The summed E-state index contributed by atoms with van der Waals surface area (Å²) < 4.78 is 8.50. The summed E-state index contributed by atoms with van der Waals surface area (Å²) in [5.74, 6) is 1.94. The molecule has 3 aromatic rings. The molecule has 2 aromatic heterocycles. The molecule has 0 aliphatic heterocycles. The van der Waals surface area contributed by atoms with Gasteiger partial charge in [-0.05, 0) is 42.9 Å². The van der Waals surface area contributed by atoms with Crippen molar-refractivity contribution < 1.29 is 4.52 Å². The van der Waals surface area contributed by atoms with Gasteiger partial charge in [0.05, 0.1) is 11.4 Å². The van der Waals surface area contributed by atoms with Crippen LogP contribution in [-0.4, -0.2) is 19.9 Å². The van der Waals surface area contributed by atoms with Crippen LogP contribution in [0.1, 0.15) is 25.1 Å². The molecule has 1 aromatic carbocycles. The maximum atomic E-state index is 5.91. The average molecular weight is 385 g/mol. The van der Waals surface area contributed by atoms with Crippen molar-refractivity contribution in [3.8, 4) is 5.69 Å². The Morgan fingerprint density at radius 2 is 2.13 bits per heavy atom. The van der Waals surface area contributed by atoms with Crippen LogP contribution in [0.25, 0.3) is 5.69 Å². The van der Waals surface area contributed by atoms with Crippen LogP contribution in [0.2, 0.25) is 5.02 Å². The van der Waals surface area contributed by atoms with E-state index in [1.165, 1.54) is 23.1 Å². The smallest absolute Gasteiger partial charge is 0.237 e. The minimum absolute atomic E-state index is 0.583. The maximum Gasteiger partial charge on any atom is 0.237 e. The molecule has 0 unspecified atom stereocenters. The number of halogens is 1. The molecule has 0 atom stereocenters. The van der Waals surface area contributed by atoms with Gasteiger partial charge >= 0.3 is 0 Å². The zero-order chi connectivity index (χ0) is 16.2. The number of aryl methyl sites for hydroxylation is 1. The van der Waals surface area contributed by atoms with E-state index in [0.29, 0.717) is 20.6 Å². The quantitative estimate of drug-likeness (QED) is 0.443. The highest BCUT2D eigenvalue weighted by atomic mass is 35.5. The Kier molecular flexibility index (Phi) is 5.47. The highest BCUT2D eigenvalue weighted by Crippen LogP contribution is 2.27. The lowest BCUT2D eigenvalue weighted by atomic mass is 10.3. The first-order chi connectivity index (χ1) is 11.2. The lowest BCUT2D eigenvalue weighted by Crippen LogP contribution is -1.95. The van der Waals surface area contributed by atoms with E-state index in [4.69, 9.17) is 28.3 Å². The molecule has 0 bridgehead atoms. The van der Waals surface area contributed by atoms with Crippen molar-refractivity contribution in [2.24, 2.45) is 0 Å². The third-order valence-corrected chi connectivity index (χ3v) is 5.51. The zero-order valence-corrected chi connectivity index (χ0v) is 15.4. The van der Waals surface area contributed by atoms with Crippen molar-refractivity contribution in [3.05, 3.63) is 45.0 Å². The van der Waals surface area contributed by atoms with Crippen molar-refractivity contribution in [1.29, 1.82) is 0 Å². The highest BCUT2D eigenvalue weighted by molar-refractivity contribution is 8.00. The Hall–Kier alpha value is -1.22. The topological polar surface area (TPSA) is 56.7 Å². The normalized spacial score (nSPS) is 11.0. The maximum absolute atomic E-state index is 5.91. The summed E-state index contributed by atoms with van der Waals surface area (Å²) in [5, 5.41) is 9.16. The molecule has 120 valence electrons. The van der Waals surface area contributed by atoms with Gasteiger partial charge in [-0.2, -0.15) is 4.98 Å². The zero-order valence-electron chi connectivity index (χ0n) is 12.2. The highest BCUT2D eigenvalue weighted by Gasteiger charge is 2.10. The molecule has 23 heavy (non-hydrogen) atoms. The molecule has 0 saturated heterocycles. The van der Waals surface area contributed by atoms with Gasteiger partial charge in [0.2, 0.25) is 5.89 Å².